The standard InChI is InChI=1S/C11H18N2/c1-4-7-12-9-10(2)11-6-5-8-13(11)3/h4,7,9,11H,1,5-6,8H2,2-3H3/b10-9+,12-7?. The third kappa shape index (κ3) is 2.81. The van der Waals surface area contributed by atoms with Crippen LogP contribution in [0.5, 0.6) is 0 Å². The first-order valence-electron chi connectivity index (χ1n) is 4.77. The van der Waals surface area contributed by atoms with E-state index < -0.39 is 0 Å². The largest absolute Gasteiger partial charge is 0.300 e. The molecule has 0 spiro atoms. The van der Waals surface area contributed by atoms with Crippen molar-refractivity contribution in [2.75, 3.05) is 13.6 Å². The van der Waals surface area contributed by atoms with Gasteiger partial charge in [-0.2, -0.15) is 0 Å². The van der Waals surface area contributed by atoms with Crippen LogP contribution >= 0.6 is 0 Å². The van der Waals surface area contributed by atoms with Gasteiger partial charge in [-0.3, -0.25) is 9.89 Å². The van der Waals surface area contributed by atoms with E-state index in [2.05, 4.69) is 30.4 Å². The second kappa shape index (κ2) is 4.97. The maximum Gasteiger partial charge on any atom is 0.0320 e. The quantitative estimate of drug-likeness (QED) is 0.605. The molecule has 0 aromatic heterocycles. The Balaban J connectivity index is 2.54. The maximum absolute atomic E-state index is 4.14. The first-order valence-corrected chi connectivity index (χ1v) is 4.77. The number of aliphatic imine (C=N–C) groups is 1. The molecular weight excluding hydrogens is 160 g/mol. The van der Waals surface area contributed by atoms with Crippen molar-refractivity contribution in [2.45, 2.75) is 25.8 Å². The number of hydrogen-bond donors (Lipinski definition) is 0. The zero-order valence-corrected chi connectivity index (χ0v) is 8.53. The maximum atomic E-state index is 4.14. The van der Waals surface area contributed by atoms with Gasteiger partial charge in [0.15, 0.2) is 0 Å². The van der Waals surface area contributed by atoms with Crippen LogP contribution in [-0.4, -0.2) is 30.7 Å². The van der Waals surface area contributed by atoms with Crippen molar-refractivity contribution in [1.29, 1.82) is 0 Å². The fourth-order valence-electron chi connectivity index (χ4n) is 1.79. The molecule has 0 aliphatic carbocycles. The molecule has 2 nitrogen and oxygen atoms in total. The smallest absolute Gasteiger partial charge is 0.0320 e. The van der Waals surface area contributed by atoms with Gasteiger partial charge in [0.1, 0.15) is 0 Å². The van der Waals surface area contributed by atoms with Gasteiger partial charge < -0.3 is 0 Å². The molecule has 1 saturated heterocycles. The lowest BCUT2D eigenvalue weighted by atomic mass is 10.1. The Morgan fingerprint density at radius 2 is 2.38 bits per heavy atom. The molecule has 0 radical (unpaired) electrons. The minimum Gasteiger partial charge on any atom is -0.300 e. The SMILES string of the molecule is C=CC=N/C=C(\C)C1CCCN1C. The van der Waals surface area contributed by atoms with Gasteiger partial charge in [0, 0.05) is 18.5 Å². The van der Waals surface area contributed by atoms with Crippen molar-refractivity contribution in [3.63, 3.8) is 0 Å². The lowest BCUT2D eigenvalue weighted by Crippen LogP contribution is -2.25. The van der Waals surface area contributed by atoms with E-state index in [0.717, 1.165) is 0 Å². The van der Waals surface area contributed by atoms with Crippen LogP contribution in [0.4, 0.5) is 0 Å². The Labute approximate surface area is 80.7 Å². The summed E-state index contributed by atoms with van der Waals surface area (Å²) in [5.74, 6) is 0. The average Bonchev–Trinajstić information content (AvgIpc) is 2.52. The van der Waals surface area contributed by atoms with Crippen molar-refractivity contribution >= 4 is 6.21 Å². The van der Waals surface area contributed by atoms with Crippen molar-refractivity contribution < 1.29 is 0 Å². The highest BCUT2D eigenvalue weighted by Crippen LogP contribution is 2.21. The topological polar surface area (TPSA) is 15.6 Å². The van der Waals surface area contributed by atoms with Gasteiger partial charge in [0.25, 0.3) is 0 Å². The highest BCUT2D eigenvalue weighted by molar-refractivity contribution is 5.70. The van der Waals surface area contributed by atoms with Crippen LogP contribution in [0.2, 0.25) is 0 Å². The van der Waals surface area contributed by atoms with Gasteiger partial charge in [-0.05, 0) is 38.9 Å². The van der Waals surface area contributed by atoms with Crippen LogP contribution in [0.3, 0.4) is 0 Å². The summed E-state index contributed by atoms with van der Waals surface area (Å²) >= 11 is 0. The van der Waals surface area contributed by atoms with E-state index in [0.29, 0.717) is 6.04 Å². The molecule has 0 saturated carbocycles. The lowest BCUT2D eigenvalue weighted by Gasteiger charge is -2.19. The van der Waals surface area contributed by atoms with E-state index in [-0.39, 0.29) is 0 Å². The molecule has 2 heteroatoms. The summed E-state index contributed by atoms with van der Waals surface area (Å²) < 4.78 is 0. The van der Waals surface area contributed by atoms with Crippen molar-refractivity contribution in [2.24, 2.45) is 4.99 Å². The van der Waals surface area contributed by atoms with Crippen LogP contribution in [0.15, 0.2) is 29.4 Å². The fourth-order valence-corrected chi connectivity index (χ4v) is 1.79. The molecule has 1 atom stereocenters. The predicted octanol–water partition coefficient (Wildman–Crippen LogP) is 2.24. The number of nitrogens with zero attached hydrogens (tertiary/aromatic N) is 2. The van der Waals surface area contributed by atoms with Crippen LogP contribution in [0.1, 0.15) is 19.8 Å². The van der Waals surface area contributed by atoms with E-state index in [9.17, 15) is 0 Å². The zero-order valence-electron chi connectivity index (χ0n) is 8.53. The number of likely N-dealkylation sites (tertiary alicyclic amines) is 1. The van der Waals surface area contributed by atoms with Crippen LogP contribution < -0.4 is 0 Å². The highest BCUT2D eigenvalue weighted by Gasteiger charge is 2.21. The summed E-state index contributed by atoms with van der Waals surface area (Å²) in [4.78, 5) is 6.52. The van der Waals surface area contributed by atoms with Gasteiger partial charge in [-0.1, -0.05) is 12.7 Å². The van der Waals surface area contributed by atoms with Gasteiger partial charge in [0.05, 0.1) is 0 Å². The molecule has 1 rings (SSSR count). The van der Waals surface area contributed by atoms with E-state index in [1.807, 2.05) is 6.20 Å². The Kier molecular flexibility index (Phi) is 3.90. The first-order chi connectivity index (χ1) is 6.25. The number of allylic oxidation sites excluding steroid dienone is 1. The molecule has 0 aromatic carbocycles. The molecule has 1 fully saturated rings. The second-order valence-electron chi connectivity index (χ2n) is 3.55. The number of rotatable bonds is 3. The number of likely N-dealkylation sites (N-methyl/N-ethyl adjacent to an activating group) is 1. The van der Waals surface area contributed by atoms with Crippen LogP contribution in [0.25, 0.3) is 0 Å². The molecular formula is C11H18N2. The van der Waals surface area contributed by atoms with Gasteiger partial charge in [-0.15, -0.1) is 0 Å². The molecule has 72 valence electrons. The zero-order chi connectivity index (χ0) is 9.68. The second-order valence-corrected chi connectivity index (χ2v) is 3.55. The van der Waals surface area contributed by atoms with E-state index in [4.69, 9.17) is 0 Å². The molecule has 0 aromatic rings. The fraction of sp³-hybridized carbons (Fsp3) is 0.545. The average molecular weight is 178 g/mol. The monoisotopic (exact) mass is 178 g/mol. The molecule has 13 heavy (non-hydrogen) atoms. The molecule has 0 N–H and O–H groups in total. The minimum absolute atomic E-state index is 0.599. The summed E-state index contributed by atoms with van der Waals surface area (Å²) in [5.41, 5.74) is 1.35. The summed E-state index contributed by atoms with van der Waals surface area (Å²) in [7, 11) is 2.17. The Hall–Kier alpha value is -0.890. The highest BCUT2D eigenvalue weighted by atomic mass is 15.1. The van der Waals surface area contributed by atoms with E-state index in [1.54, 1.807) is 12.3 Å². The minimum atomic E-state index is 0.599. The molecule has 1 unspecified atom stereocenters. The Morgan fingerprint density at radius 3 is 2.92 bits per heavy atom. The Bertz CT molecular complexity index is 228. The molecule has 0 bridgehead atoms. The van der Waals surface area contributed by atoms with E-state index in [1.165, 1.54) is 25.0 Å². The number of hydrogen-bond acceptors (Lipinski definition) is 2. The van der Waals surface area contributed by atoms with Gasteiger partial charge in [-0.25, -0.2) is 0 Å². The molecule has 1 heterocycles. The van der Waals surface area contributed by atoms with Crippen LogP contribution in [0, 0.1) is 0 Å². The Morgan fingerprint density at radius 1 is 1.62 bits per heavy atom. The summed E-state index contributed by atoms with van der Waals surface area (Å²) in [6.45, 7) is 6.94. The third-order valence-corrected chi connectivity index (χ3v) is 2.52. The molecule has 1 aliphatic heterocycles. The third-order valence-electron chi connectivity index (χ3n) is 2.52. The predicted molar refractivity (Wildman–Crippen MR) is 58.1 cm³/mol. The summed E-state index contributed by atoms with van der Waals surface area (Å²) in [6.07, 6.45) is 7.93. The first kappa shape index (κ1) is 10.2. The van der Waals surface area contributed by atoms with Crippen LogP contribution in [-0.2, 0) is 0 Å². The van der Waals surface area contributed by atoms with Crippen molar-refractivity contribution in [3.8, 4) is 0 Å². The van der Waals surface area contributed by atoms with Gasteiger partial charge >= 0.3 is 0 Å². The molecule has 1 aliphatic rings. The summed E-state index contributed by atoms with van der Waals surface area (Å²) in [6, 6.07) is 0.599. The molecule has 0 amide bonds. The van der Waals surface area contributed by atoms with Crippen molar-refractivity contribution in [1.82, 2.24) is 4.90 Å². The van der Waals surface area contributed by atoms with Crippen molar-refractivity contribution in [3.05, 3.63) is 24.4 Å². The van der Waals surface area contributed by atoms with Gasteiger partial charge in [0.2, 0.25) is 0 Å². The lowest BCUT2D eigenvalue weighted by molar-refractivity contribution is 0.344. The summed E-state index contributed by atoms with van der Waals surface area (Å²) in [5, 5.41) is 0. The normalized spacial score (nSPS) is 25.7. The van der Waals surface area contributed by atoms with E-state index >= 15 is 0 Å².